The van der Waals surface area contributed by atoms with Crippen LogP contribution < -0.4 is 15.4 Å². The Kier molecular flexibility index (Phi) is 3.66. The van der Waals surface area contributed by atoms with Crippen molar-refractivity contribution in [3.8, 4) is 5.75 Å². The van der Waals surface area contributed by atoms with E-state index >= 15 is 0 Å². The molecule has 0 spiro atoms. The predicted molar refractivity (Wildman–Crippen MR) is 68.2 cm³/mol. The molecular weight excluding hydrogens is 216 g/mol. The second kappa shape index (κ2) is 5.21. The van der Waals surface area contributed by atoms with Crippen LogP contribution in [-0.2, 0) is 0 Å². The standard InChI is InChI=1S/C12H20N4O/c1-3-16(7-9-5-4-6-9)12-10(17-2)11(13)14-8-15-12/h8-9H,3-7H2,1-2H3,(H2,13,14,15). The van der Waals surface area contributed by atoms with Crippen LogP contribution in [0, 0.1) is 5.92 Å². The number of rotatable bonds is 5. The van der Waals surface area contributed by atoms with E-state index in [0.29, 0.717) is 11.6 Å². The predicted octanol–water partition coefficient (Wildman–Crippen LogP) is 1.69. The van der Waals surface area contributed by atoms with Gasteiger partial charge in [-0.1, -0.05) is 6.42 Å². The monoisotopic (exact) mass is 236 g/mol. The van der Waals surface area contributed by atoms with Crippen LogP contribution in [0.3, 0.4) is 0 Å². The highest BCUT2D eigenvalue weighted by Gasteiger charge is 2.23. The lowest BCUT2D eigenvalue weighted by Gasteiger charge is -2.32. The van der Waals surface area contributed by atoms with E-state index in [-0.39, 0.29) is 0 Å². The van der Waals surface area contributed by atoms with Crippen molar-refractivity contribution in [3.05, 3.63) is 6.33 Å². The van der Waals surface area contributed by atoms with Gasteiger partial charge in [-0.05, 0) is 25.7 Å². The summed E-state index contributed by atoms with van der Waals surface area (Å²) in [6.45, 7) is 4.06. The van der Waals surface area contributed by atoms with E-state index in [0.717, 1.165) is 24.8 Å². The van der Waals surface area contributed by atoms with Crippen molar-refractivity contribution in [2.24, 2.45) is 5.92 Å². The molecule has 0 saturated heterocycles. The fourth-order valence-corrected chi connectivity index (χ4v) is 2.15. The van der Waals surface area contributed by atoms with E-state index in [2.05, 4.69) is 21.8 Å². The van der Waals surface area contributed by atoms with Crippen LogP contribution in [0.4, 0.5) is 11.6 Å². The van der Waals surface area contributed by atoms with Crippen molar-refractivity contribution in [3.63, 3.8) is 0 Å². The highest BCUT2D eigenvalue weighted by molar-refractivity contribution is 5.62. The molecule has 0 radical (unpaired) electrons. The molecule has 1 aliphatic carbocycles. The third kappa shape index (κ3) is 2.43. The largest absolute Gasteiger partial charge is 0.490 e. The summed E-state index contributed by atoms with van der Waals surface area (Å²) in [5, 5.41) is 0. The minimum atomic E-state index is 0.407. The molecule has 5 heteroatoms. The molecule has 94 valence electrons. The van der Waals surface area contributed by atoms with E-state index < -0.39 is 0 Å². The van der Waals surface area contributed by atoms with Gasteiger partial charge in [-0.2, -0.15) is 0 Å². The van der Waals surface area contributed by atoms with E-state index in [1.54, 1.807) is 7.11 Å². The Hall–Kier alpha value is -1.52. The van der Waals surface area contributed by atoms with Gasteiger partial charge < -0.3 is 15.4 Å². The summed E-state index contributed by atoms with van der Waals surface area (Å²) in [7, 11) is 1.61. The molecule has 17 heavy (non-hydrogen) atoms. The molecule has 2 N–H and O–H groups in total. The summed E-state index contributed by atoms with van der Waals surface area (Å²) in [5.41, 5.74) is 5.80. The fourth-order valence-electron chi connectivity index (χ4n) is 2.15. The second-order valence-corrected chi connectivity index (χ2v) is 4.45. The third-order valence-electron chi connectivity index (χ3n) is 3.40. The highest BCUT2D eigenvalue weighted by Crippen LogP contribution is 2.33. The Morgan fingerprint density at radius 3 is 2.76 bits per heavy atom. The molecule has 0 atom stereocenters. The van der Waals surface area contributed by atoms with Crippen molar-refractivity contribution in [1.82, 2.24) is 9.97 Å². The zero-order chi connectivity index (χ0) is 12.3. The van der Waals surface area contributed by atoms with Gasteiger partial charge in [-0.15, -0.1) is 0 Å². The summed E-state index contributed by atoms with van der Waals surface area (Å²) >= 11 is 0. The van der Waals surface area contributed by atoms with Gasteiger partial charge in [0.05, 0.1) is 7.11 Å². The smallest absolute Gasteiger partial charge is 0.204 e. The number of anilines is 2. The average molecular weight is 236 g/mol. The molecule has 0 unspecified atom stereocenters. The van der Waals surface area contributed by atoms with Gasteiger partial charge in [0.1, 0.15) is 6.33 Å². The number of aromatic nitrogens is 2. The molecule has 1 heterocycles. The number of methoxy groups -OCH3 is 1. The Bertz CT molecular complexity index is 379. The molecule has 1 fully saturated rings. The first-order chi connectivity index (χ1) is 8.26. The highest BCUT2D eigenvalue weighted by atomic mass is 16.5. The normalized spacial score (nSPS) is 15.4. The van der Waals surface area contributed by atoms with E-state index in [9.17, 15) is 0 Å². The summed E-state index contributed by atoms with van der Waals surface area (Å²) in [4.78, 5) is 10.5. The maximum Gasteiger partial charge on any atom is 0.204 e. The summed E-state index contributed by atoms with van der Waals surface area (Å²) in [6, 6.07) is 0. The molecule has 2 rings (SSSR count). The molecule has 0 aliphatic heterocycles. The fraction of sp³-hybridized carbons (Fsp3) is 0.667. The lowest BCUT2D eigenvalue weighted by molar-refractivity contribution is 0.316. The van der Waals surface area contributed by atoms with Gasteiger partial charge in [0.2, 0.25) is 5.75 Å². The number of hydrogen-bond acceptors (Lipinski definition) is 5. The van der Waals surface area contributed by atoms with Crippen LogP contribution in [0.2, 0.25) is 0 Å². The zero-order valence-corrected chi connectivity index (χ0v) is 10.5. The molecule has 0 aromatic carbocycles. The quantitative estimate of drug-likeness (QED) is 0.843. The van der Waals surface area contributed by atoms with Crippen LogP contribution >= 0.6 is 0 Å². The lowest BCUT2D eigenvalue weighted by Crippen LogP contribution is -2.33. The Labute approximate surface area is 102 Å². The van der Waals surface area contributed by atoms with Crippen molar-refractivity contribution >= 4 is 11.6 Å². The molecule has 1 aromatic heterocycles. The lowest BCUT2D eigenvalue weighted by atomic mass is 9.85. The van der Waals surface area contributed by atoms with Gasteiger partial charge in [0.25, 0.3) is 0 Å². The molecular formula is C12H20N4O. The van der Waals surface area contributed by atoms with Crippen LogP contribution in [-0.4, -0.2) is 30.2 Å². The molecule has 1 aliphatic rings. The van der Waals surface area contributed by atoms with Crippen molar-refractivity contribution in [2.75, 3.05) is 30.8 Å². The minimum Gasteiger partial charge on any atom is -0.490 e. The van der Waals surface area contributed by atoms with E-state index in [4.69, 9.17) is 10.5 Å². The molecule has 0 amide bonds. The van der Waals surface area contributed by atoms with Crippen LogP contribution in [0.5, 0.6) is 5.75 Å². The summed E-state index contributed by atoms with van der Waals surface area (Å²) in [6.07, 6.45) is 5.49. The number of nitrogens with zero attached hydrogens (tertiary/aromatic N) is 3. The maximum atomic E-state index is 5.80. The molecule has 0 bridgehead atoms. The first kappa shape index (κ1) is 12.0. The van der Waals surface area contributed by atoms with Gasteiger partial charge in [0, 0.05) is 13.1 Å². The van der Waals surface area contributed by atoms with E-state index in [1.807, 2.05) is 0 Å². The topological polar surface area (TPSA) is 64.3 Å². The average Bonchev–Trinajstić information content (AvgIpc) is 2.28. The van der Waals surface area contributed by atoms with Crippen LogP contribution in [0.1, 0.15) is 26.2 Å². The first-order valence-corrected chi connectivity index (χ1v) is 6.15. The van der Waals surface area contributed by atoms with Gasteiger partial charge in [0.15, 0.2) is 11.6 Å². The van der Waals surface area contributed by atoms with Gasteiger partial charge in [-0.3, -0.25) is 0 Å². The van der Waals surface area contributed by atoms with Gasteiger partial charge in [-0.25, -0.2) is 9.97 Å². The minimum absolute atomic E-state index is 0.407. The van der Waals surface area contributed by atoms with Gasteiger partial charge >= 0.3 is 0 Å². The van der Waals surface area contributed by atoms with Crippen LogP contribution in [0.15, 0.2) is 6.33 Å². The Morgan fingerprint density at radius 2 is 2.24 bits per heavy atom. The van der Waals surface area contributed by atoms with E-state index in [1.165, 1.54) is 25.6 Å². The van der Waals surface area contributed by atoms with Crippen molar-refractivity contribution in [2.45, 2.75) is 26.2 Å². The first-order valence-electron chi connectivity index (χ1n) is 6.15. The number of nitrogen functional groups attached to an aromatic ring is 1. The number of hydrogen-bond donors (Lipinski definition) is 1. The molecule has 1 saturated carbocycles. The zero-order valence-electron chi connectivity index (χ0n) is 10.5. The Morgan fingerprint density at radius 1 is 1.47 bits per heavy atom. The summed E-state index contributed by atoms with van der Waals surface area (Å²) < 4.78 is 5.30. The number of ether oxygens (including phenoxy) is 1. The van der Waals surface area contributed by atoms with Crippen LogP contribution in [0.25, 0.3) is 0 Å². The molecule has 1 aromatic rings. The second-order valence-electron chi connectivity index (χ2n) is 4.45. The number of nitrogens with two attached hydrogens (primary N) is 1. The third-order valence-corrected chi connectivity index (χ3v) is 3.40. The SMILES string of the molecule is CCN(CC1CCC1)c1ncnc(N)c1OC. The van der Waals surface area contributed by atoms with Crippen molar-refractivity contribution in [1.29, 1.82) is 0 Å². The molecule has 5 nitrogen and oxygen atoms in total. The van der Waals surface area contributed by atoms with Crippen molar-refractivity contribution < 1.29 is 4.74 Å². The summed E-state index contributed by atoms with van der Waals surface area (Å²) in [5.74, 6) is 2.60. The maximum absolute atomic E-state index is 5.80. The Balaban J connectivity index is 2.19.